The van der Waals surface area contributed by atoms with Gasteiger partial charge in [0.05, 0.1) is 12.5 Å². The minimum Gasteiger partial charge on any atom is -0.396 e. The molecule has 1 saturated carbocycles. The maximum atomic E-state index is 13.6. The van der Waals surface area contributed by atoms with E-state index in [1.165, 1.54) is 0 Å². The highest BCUT2D eigenvalue weighted by molar-refractivity contribution is 5.12. The van der Waals surface area contributed by atoms with Gasteiger partial charge in [0.15, 0.2) is 0 Å². The predicted molar refractivity (Wildman–Crippen MR) is 40.6 cm³/mol. The van der Waals surface area contributed by atoms with Crippen LogP contribution in [0.1, 0.15) is 6.42 Å². The lowest BCUT2D eigenvalue weighted by atomic mass is 9.90. The molecule has 8 heteroatoms. The summed E-state index contributed by atoms with van der Waals surface area (Å²) < 4.78 is 77.0. The Labute approximate surface area is 86.9 Å². The first-order valence-electron chi connectivity index (χ1n) is 4.48. The summed E-state index contributed by atoms with van der Waals surface area (Å²) in [5.41, 5.74) is -4.78. The SMILES string of the molecule is OC[C@@H]1C[C@H](CO)[C@](F)(C(F)(F)F)C1(F)F. The molecule has 0 aliphatic heterocycles. The van der Waals surface area contributed by atoms with Gasteiger partial charge < -0.3 is 10.2 Å². The highest BCUT2D eigenvalue weighted by Gasteiger charge is 2.80. The van der Waals surface area contributed by atoms with Crippen LogP contribution in [0.5, 0.6) is 0 Å². The number of aliphatic hydroxyl groups is 2. The quantitative estimate of drug-likeness (QED) is 0.731. The van der Waals surface area contributed by atoms with E-state index < -0.39 is 49.2 Å². The van der Waals surface area contributed by atoms with Gasteiger partial charge in [-0.15, -0.1) is 0 Å². The zero-order chi connectivity index (χ0) is 12.8. The second kappa shape index (κ2) is 3.76. The Balaban J connectivity index is 3.22. The van der Waals surface area contributed by atoms with E-state index in [2.05, 4.69) is 0 Å². The molecular formula is C8H10F6O2. The lowest BCUT2D eigenvalue weighted by molar-refractivity contribution is -0.312. The van der Waals surface area contributed by atoms with Crippen LogP contribution in [0.4, 0.5) is 26.3 Å². The van der Waals surface area contributed by atoms with Gasteiger partial charge in [-0.2, -0.15) is 13.2 Å². The van der Waals surface area contributed by atoms with Crippen molar-refractivity contribution in [3.05, 3.63) is 0 Å². The third kappa shape index (κ3) is 1.50. The lowest BCUT2D eigenvalue weighted by Gasteiger charge is -2.34. The van der Waals surface area contributed by atoms with Crippen molar-refractivity contribution in [2.75, 3.05) is 13.2 Å². The molecule has 0 amide bonds. The van der Waals surface area contributed by atoms with E-state index >= 15 is 0 Å². The molecule has 0 radical (unpaired) electrons. The first-order valence-corrected chi connectivity index (χ1v) is 4.48. The molecule has 1 rings (SSSR count). The Hall–Kier alpha value is -0.500. The van der Waals surface area contributed by atoms with Crippen LogP contribution in [0.3, 0.4) is 0 Å². The fourth-order valence-electron chi connectivity index (χ4n) is 2.03. The molecular weight excluding hydrogens is 242 g/mol. The van der Waals surface area contributed by atoms with E-state index in [9.17, 15) is 26.3 Å². The molecule has 0 saturated heterocycles. The lowest BCUT2D eigenvalue weighted by Crippen LogP contribution is -2.58. The van der Waals surface area contributed by atoms with Crippen LogP contribution >= 0.6 is 0 Å². The number of aliphatic hydroxyl groups excluding tert-OH is 2. The molecule has 0 unspecified atom stereocenters. The van der Waals surface area contributed by atoms with Crippen molar-refractivity contribution < 1.29 is 36.6 Å². The second-order valence-electron chi connectivity index (χ2n) is 3.83. The van der Waals surface area contributed by atoms with Gasteiger partial charge in [0.2, 0.25) is 0 Å². The van der Waals surface area contributed by atoms with Crippen molar-refractivity contribution in [1.82, 2.24) is 0 Å². The largest absolute Gasteiger partial charge is 0.428 e. The van der Waals surface area contributed by atoms with E-state index in [0.717, 1.165) is 0 Å². The van der Waals surface area contributed by atoms with Gasteiger partial charge in [0.25, 0.3) is 11.6 Å². The third-order valence-electron chi connectivity index (χ3n) is 2.98. The zero-order valence-electron chi connectivity index (χ0n) is 7.94. The summed E-state index contributed by atoms with van der Waals surface area (Å²) in [5, 5.41) is 17.1. The Morgan fingerprint density at radius 3 is 1.69 bits per heavy atom. The number of hydrogen-bond acceptors (Lipinski definition) is 2. The summed E-state index contributed by atoms with van der Waals surface area (Å²) in [6.45, 7) is -2.60. The van der Waals surface area contributed by atoms with E-state index in [-0.39, 0.29) is 0 Å². The van der Waals surface area contributed by atoms with E-state index in [0.29, 0.717) is 0 Å². The summed E-state index contributed by atoms with van der Waals surface area (Å²) in [5.74, 6) is -9.11. The summed E-state index contributed by atoms with van der Waals surface area (Å²) in [6.07, 6.45) is -6.69. The minimum absolute atomic E-state index is 0.907. The molecule has 0 aromatic carbocycles. The fourth-order valence-corrected chi connectivity index (χ4v) is 2.03. The standard InChI is InChI=1S/C8H10F6O2/c9-6(8(12,13)14)4(2-15)1-5(3-16)7(6,10)11/h4-5,15-16H,1-3H2/t4-,5+,6-/m1/s1. The van der Waals surface area contributed by atoms with Gasteiger partial charge in [-0.25, -0.2) is 13.2 Å². The molecule has 0 bridgehead atoms. The summed E-state index contributed by atoms with van der Waals surface area (Å²) >= 11 is 0. The Morgan fingerprint density at radius 2 is 1.44 bits per heavy atom. The molecule has 0 aromatic rings. The van der Waals surface area contributed by atoms with Crippen molar-refractivity contribution in [3.63, 3.8) is 0 Å². The van der Waals surface area contributed by atoms with Crippen molar-refractivity contribution in [2.24, 2.45) is 11.8 Å². The Morgan fingerprint density at radius 1 is 1.00 bits per heavy atom. The topological polar surface area (TPSA) is 40.5 Å². The van der Waals surface area contributed by atoms with Crippen molar-refractivity contribution >= 4 is 0 Å². The summed E-state index contributed by atoms with van der Waals surface area (Å²) in [6, 6.07) is 0. The average molecular weight is 252 g/mol. The molecule has 3 atom stereocenters. The van der Waals surface area contributed by atoms with Gasteiger partial charge in [0.1, 0.15) is 0 Å². The van der Waals surface area contributed by atoms with Gasteiger partial charge in [-0.3, -0.25) is 0 Å². The smallest absolute Gasteiger partial charge is 0.396 e. The van der Waals surface area contributed by atoms with E-state index in [1.807, 2.05) is 0 Å². The Bertz CT molecular complexity index is 266. The average Bonchev–Trinajstić information content (AvgIpc) is 2.35. The molecule has 2 N–H and O–H groups in total. The molecule has 1 aliphatic carbocycles. The normalized spacial score (nSPS) is 39.0. The number of alkyl halides is 6. The third-order valence-corrected chi connectivity index (χ3v) is 2.98. The molecule has 0 heterocycles. The predicted octanol–water partition coefficient (Wildman–Crippen LogP) is 1.51. The van der Waals surface area contributed by atoms with E-state index in [1.54, 1.807) is 0 Å². The fraction of sp³-hybridized carbons (Fsp3) is 1.00. The highest BCUT2D eigenvalue weighted by Crippen LogP contribution is 2.60. The van der Waals surface area contributed by atoms with Crippen LogP contribution in [-0.2, 0) is 0 Å². The summed E-state index contributed by atoms with van der Waals surface area (Å²) in [4.78, 5) is 0. The molecule has 0 spiro atoms. The molecule has 0 aromatic heterocycles. The first-order chi connectivity index (χ1) is 7.12. The van der Waals surface area contributed by atoms with Gasteiger partial charge in [0, 0.05) is 12.5 Å². The first kappa shape index (κ1) is 13.6. The van der Waals surface area contributed by atoms with Crippen LogP contribution in [0.2, 0.25) is 0 Å². The van der Waals surface area contributed by atoms with Crippen LogP contribution in [0, 0.1) is 11.8 Å². The van der Waals surface area contributed by atoms with E-state index in [4.69, 9.17) is 10.2 Å². The van der Waals surface area contributed by atoms with Crippen LogP contribution in [0.15, 0.2) is 0 Å². The van der Waals surface area contributed by atoms with Crippen LogP contribution < -0.4 is 0 Å². The summed E-state index contributed by atoms with van der Waals surface area (Å²) in [7, 11) is 0. The molecule has 1 aliphatic rings. The molecule has 1 fully saturated rings. The van der Waals surface area contributed by atoms with Crippen LogP contribution in [0.25, 0.3) is 0 Å². The number of hydrogen-bond donors (Lipinski definition) is 2. The zero-order valence-corrected chi connectivity index (χ0v) is 7.94. The van der Waals surface area contributed by atoms with Gasteiger partial charge in [-0.05, 0) is 6.42 Å². The van der Waals surface area contributed by atoms with Crippen molar-refractivity contribution in [3.8, 4) is 0 Å². The van der Waals surface area contributed by atoms with Gasteiger partial charge in [-0.1, -0.05) is 0 Å². The van der Waals surface area contributed by atoms with Crippen LogP contribution in [-0.4, -0.2) is 41.2 Å². The monoisotopic (exact) mass is 252 g/mol. The van der Waals surface area contributed by atoms with Crippen molar-refractivity contribution in [1.29, 1.82) is 0 Å². The maximum Gasteiger partial charge on any atom is 0.428 e. The minimum atomic E-state index is -5.78. The van der Waals surface area contributed by atoms with Crippen molar-refractivity contribution in [2.45, 2.75) is 24.2 Å². The maximum absolute atomic E-state index is 13.6. The number of halogens is 6. The van der Waals surface area contributed by atoms with Gasteiger partial charge >= 0.3 is 6.18 Å². The number of rotatable bonds is 2. The highest BCUT2D eigenvalue weighted by atomic mass is 19.4. The molecule has 16 heavy (non-hydrogen) atoms. The molecule has 2 nitrogen and oxygen atoms in total. The molecule has 96 valence electrons. The second-order valence-corrected chi connectivity index (χ2v) is 3.83. The Kier molecular flexibility index (Phi) is 3.19.